The van der Waals surface area contributed by atoms with Crippen molar-refractivity contribution in [3.05, 3.63) is 71.3 Å². The van der Waals surface area contributed by atoms with Gasteiger partial charge in [-0.15, -0.1) is 5.06 Å². The Morgan fingerprint density at radius 3 is 2.14 bits per heavy atom. The molecule has 0 fully saturated rings. The van der Waals surface area contributed by atoms with Crippen molar-refractivity contribution >= 4 is 29.5 Å². The molecule has 9 nitrogen and oxygen atoms in total. The highest BCUT2D eigenvalue weighted by Gasteiger charge is 2.41. The molecule has 0 aromatic heterocycles. The van der Waals surface area contributed by atoms with Gasteiger partial charge in [0.2, 0.25) is 0 Å². The van der Waals surface area contributed by atoms with Crippen LogP contribution in [0.2, 0.25) is 0 Å². The molecule has 4 rings (SSSR count). The number of methoxy groups -OCH3 is 1. The molecule has 35 heavy (non-hydrogen) atoms. The number of hydrogen-bond donors (Lipinski definition) is 0. The number of benzene rings is 2. The van der Waals surface area contributed by atoms with Crippen molar-refractivity contribution in [2.75, 3.05) is 13.7 Å². The molecule has 1 atom stereocenters. The Balaban J connectivity index is 1.65. The van der Waals surface area contributed by atoms with E-state index in [9.17, 15) is 19.2 Å². The summed E-state index contributed by atoms with van der Waals surface area (Å²) < 4.78 is 10.7. The van der Waals surface area contributed by atoms with Crippen LogP contribution in [0.4, 0.5) is 4.79 Å². The molecule has 0 aliphatic carbocycles. The topological polar surface area (TPSA) is 102 Å². The van der Waals surface area contributed by atoms with Gasteiger partial charge in [0.1, 0.15) is 11.4 Å². The van der Waals surface area contributed by atoms with Crippen molar-refractivity contribution in [3.8, 4) is 5.75 Å². The second-order valence-electron chi connectivity index (χ2n) is 9.23. The summed E-state index contributed by atoms with van der Waals surface area (Å²) in [5.41, 5.74) is 0.244. The van der Waals surface area contributed by atoms with Gasteiger partial charge in [0.15, 0.2) is 11.5 Å². The first-order chi connectivity index (χ1) is 16.6. The summed E-state index contributed by atoms with van der Waals surface area (Å²) >= 11 is 0. The first kappa shape index (κ1) is 24.0. The van der Waals surface area contributed by atoms with Gasteiger partial charge in [-0.2, -0.15) is 0 Å². The van der Waals surface area contributed by atoms with Gasteiger partial charge in [0.25, 0.3) is 11.8 Å². The molecular weight excluding hydrogens is 452 g/mol. The minimum atomic E-state index is -0.966. The average Bonchev–Trinajstić information content (AvgIpc) is 2.94. The molecule has 2 aromatic carbocycles. The van der Waals surface area contributed by atoms with Crippen LogP contribution >= 0.6 is 0 Å². The number of imide groups is 1. The fraction of sp³-hybridized carbons (Fsp3) is 0.308. The number of fused-ring (bicyclic) bond motifs is 1. The maximum atomic E-state index is 13.1. The Hall–Kier alpha value is -4.14. The van der Waals surface area contributed by atoms with Crippen molar-refractivity contribution < 1.29 is 33.5 Å². The first-order valence-corrected chi connectivity index (χ1v) is 11.1. The number of hydroxylamine groups is 2. The van der Waals surface area contributed by atoms with Crippen molar-refractivity contribution in [3.63, 3.8) is 0 Å². The van der Waals surface area contributed by atoms with Crippen LogP contribution < -0.4 is 4.74 Å². The molecule has 0 radical (unpaired) electrons. The van der Waals surface area contributed by atoms with E-state index in [4.69, 9.17) is 14.3 Å². The van der Waals surface area contributed by atoms with Gasteiger partial charge in [0.05, 0.1) is 30.8 Å². The average molecular weight is 479 g/mol. The van der Waals surface area contributed by atoms with Gasteiger partial charge in [-0.3, -0.25) is 19.3 Å². The third-order valence-corrected chi connectivity index (χ3v) is 5.48. The lowest BCUT2D eigenvalue weighted by atomic mass is 10.1. The molecule has 0 bridgehead atoms. The number of ether oxygens (including phenoxy) is 2. The van der Waals surface area contributed by atoms with Gasteiger partial charge in [-0.05, 0) is 57.2 Å². The molecule has 0 spiro atoms. The molecule has 2 aliphatic heterocycles. The zero-order valence-corrected chi connectivity index (χ0v) is 19.9. The Morgan fingerprint density at radius 2 is 1.60 bits per heavy atom. The van der Waals surface area contributed by atoms with E-state index in [2.05, 4.69) is 0 Å². The molecule has 0 saturated carbocycles. The normalized spacial score (nSPS) is 18.0. The van der Waals surface area contributed by atoms with Crippen LogP contribution in [0.5, 0.6) is 5.75 Å². The predicted octanol–water partition coefficient (Wildman–Crippen LogP) is 3.84. The minimum Gasteiger partial charge on any atom is -0.497 e. The number of allylic oxidation sites excluding steroid dienone is 1. The monoisotopic (exact) mass is 478 g/mol. The fourth-order valence-electron chi connectivity index (χ4n) is 3.87. The Kier molecular flexibility index (Phi) is 6.34. The van der Waals surface area contributed by atoms with Crippen molar-refractivity contribution in [2.24, 2.45) is 0 Å². The molecule has 0 unspecified atom stereocenters. The predicted molar refractivity (Wildman–Crippen MR) is 125 cm³/mol. The lowest BCUT2D eigenvalue weighted by Crippen LogP contribution is -2.49. The maximum Gasteiger partial charge on any atom is 0.444 e. The molecule has 9 heteroatoms. The molecule has 182 valence electrons. The van der Waals surface area contributed by atoms with E-state index in [-0.39, 0.29) is 35.6 Å². The summed E-state index contributed by atoms with van der Waals surface area (Å²) in [6.45, 7) is 4.87. The van der Waals surface area contributed by atoms with Crippen molar-refractivity contribution in [2.45, 2.75) is 38.8 Å². The highest BCUT2D eigenvalue weighted by molar-refractivity contribution is 6.21. The zero-order chi connectivity index (χ0) is 25.3. The van der Waals surface area contributed by atoms with Crippen LogP contribution in [0.25, 0.3) is 5.76 Å². The largest absolute Gasteiger partial charge is 0.497 e. The summed E-state index contributed by atoms with van der Waals surface area (Å²) in [5.74, 6) is -0.566. The van der Waals surface area contributed by atoms with E-state index in [1.165, 1.54) is 13.2 Å². The Labute approximate surface area is 202 Å². The van der Waals surface area contributed by atoms with Gasteiger partial charge >= 0.3 is 6.09 Å². The molecule has 2 aromatic rings. The molecule has 2 aliphatic rings. The summed E-state index contributed by atoms with van der Waals surface area (Å²) in [7, 11) is 1.54. The van der Waals surface area contributed by atoms with Gasteiger partial charge in [-0.1, -0.05) is 12.1 Å². The van der Waals surface area contributed by atoms with Gasteiger partial charge in [0, 0.05) is 18.1 Å². The number of hydrogen-bond acceptors (Lipinski definition) is 7. The van der Waals surface area contributed by atoms with Gasteiger partial charge < -0.3 is 14.3 Å². The number of amides is 3. The molecule has 3 amide bonds. The zero-order valence-electron chi connectivity index (χ0n) is 19.9. The minimum absolute atomic E-state index is 0.133. The maximum absolute atomic E-state index is 13.1. The van der Waals surface area contributed by atoms with Gasteiger partial charge in [-0.25, -0.2) is 4.79 Å². The quantitative estimate of drug-likeness (QED) is 0.615. The third-order valence-electron chi connectivity index (χ3n) is 5.48. The van der Waals surface area contributed by atoms with Crippen LogP contribution in [-0.2, 0) is 14.4 Å². The number of carbonyl (C=O) groups excluding carboxylic acids is 4. The van der Waals surface area contributed by atoms with Crippen LogP contribution in [0.3, 0.4) is 0 Å². The summed E-state index contributed by atoms with van der Waals surface area (Å²) in [6.07, 6.45) is 0.279. The lowest BCUT2D eigenvalue weighted by Gasteiger charge is -2.32. The van der Waals surface area contributed by atoms with Crippen LogP contribution in [-0.4, -0.2) is 59.0 Å². The third kappa shape index (κ3) is 5.03. The van der Waals surface area contributed by atoms with Crippen molar-refractivity contribution in [1.29, 1.82) is 0 Å². The number of rotatable bonds is 4. The first-order valence-electron chi connectivity index (χ1n) is 11.1. The Morgan fingerprint density at radius 1 is 1.00 bits per heavy atom. The highest BCUT2D eigenvalue weighted by Crippen LogP contribution is 2.29. The van der Waals surface area contributed by atoms with E-state index in [0.29, 0.717) is 11.3 Å². The number of carbonyl (C=O) groups is 4. The lowest BCUT2D eigenvalue weighted by molar-refractivity contribution is -0.126. The van der Waals surface area contributed by atoms with E-state index in [0.717, 1.165) is 9.96 Å². The smallest absolute Gasteiger partial charge is 0.444 e. The summed E-state index contributed by atoms with van der Waals surface area (Å²) in [6, 6.07) is 12.3. The molecule has 2 heterocycles. The second-order valence-corrected chi connectivity index (χ2v) is 9.23. The van der Waals surface area contributed by atoms with E-state index in [1.54, 1.807) is 69.3 Å². The molecule has 0 saturated heterocycles. The van der Waals surface area contributed by atoms with Crippen molar-refractivity contribution in [1.82, 2.24) is 9.96 Å². The van der Waals surface area contributed by atoms with Crippen LogP contribution in [0.15, 0.2) is 54.6 Å². The second kappa shape index (κ2) is 9.25. The molecule has 0 N–H and O–H groups in total. The summed E-state index contributed by atoms with van der Waals surface area (Å²) in [4.78, 5) is 58.8. The van der Waals surface area contributed by atoms with Crippen LogP contribution in [0, 0.1) is 0 Å². The van der Waals surface area contributed by atoms with Crippen LogP contribution in [0.1, 0.15) is 53.5 Å². The molecular formula is C26H26N2O7. The fourth-order valence-corrected chi connectivity index (χ4v) is 3.87. The SMILES string of the molecule is COc1ccc(C2=CC(=O)C[C@H](CN3C(=O)c4ccccc4C3=O)N(C(=O)OC(C)(C)C)O2)cc1. The van der Waals surface area contributed by atoms with E-state index in [1.807, 2.05) is 0 Å². The van der Waals surface area contributed by atoms with E-state index < -0.39 is 29.6 Å². The summed E-state index contributed by atoms with van der Waals surface area (Å²) in [5, 5.41) is 0.940. The standard InChI is InChI=1S/C26H26N2O7/c1-26(2,3)34-25(32)28-17(15-27-23(30)20-7-5-6-8-21(20)24(27)31)13-18(29)14-22(35-28)16-9-11-19(33-4)12-10-16/h5-12,14,17H,13,15H2,1-4H3/t17-/m1/s1. The Bertz CT molecular complexity index is 1180. The van der Waals surface area contributed by atoms with E-state index >= 15 is 0 Å². The highest BCUT2D eigenvalue weighted by atomic mass is 16.7. The number of ketones is 1. The number of nitrogens with zero attached hydrogens (tertiary/aromatic N) is 2.